The highest BCUT2D eigenvalue weighted by molar-refractivity contribution is 9.10. The summed E-state index contributed by atoms with van der Waals surface area (Å²) in [5.74, 6) is 0. The van der Waals surface area contributed by atoms with Crippen molar-refractivity contribution in [3.8, 4) is 5.19 Å². The van der Waals surface area contributed by atoms with Crippen LogP contribution in [0.3, 0.4) is 0 Å². The van der Waals surface area contributed by atoms with Crippen LogP contribution in [0.25, 0.3) is 0 Å². The van der Waals surface area contributed by atoms with Crippen LogP contribution in [-0.2, 0) is 4.74 Å². The minimum Gasteiger partial charge on any atom is -0.468 e. The molecule has 11 heavy (non-hydrogen) atoms. The Labute approximate surface area is 77.5 Å². The normalized spacial score (nSPS) is 10.0. The zero-order valence-electron chi connectivity index (χ0n) is 6.04. The Morgan fingerprint density at radius 3 is 3.00 bits per heavy atom. The SMILES string of the molecule is COCCOc1nc(Br)cs1. The molecule has 0 aliphatic rings. The molecule has 1 aromatic heterocycles. The highest BCUT2D eigenvalue weighted by atomic mass is 79.9. The monoisotopic (exact) mass is 237 g/mol. The van der Waals surface area contributed by atoms with Gasteiger partial charge in [0.25, 0.3) is 5.19 Å². The molecule has 62 valence electrons. The smallest absolute Gasteiger partial charge is 0.274 e. The Hall–Kier alpha value is -0.130. The predicted molar refractivity (Wildman–Crippen MR) is 47.2 cm³/mol. The molecular weight excluding hydrogens is 230 g/mol. The highest BCUT2D eigenvalue weighted by Gasteiger charge is 1.98. The number of hydrogen-bond donors (Lipinski definition) is 0. The second kappa shape index (κ2) is 4.69. The Bertz CT molecular complexity index is 216. The zero-order valence-corrected chi connectivity index (χ0v) is 8.44. The van der Waals surface area contributed by atoms with E-state index in [1.807, 2.05) is 5.38 Å². The van der Waals surface area contributed by atoms with Crippen molar-refractivity contribution < 1.29 is 9.47 Å². The number of thiazole rings is 1. The van der Waals surface area contributed by atoms with Crippen LogP contribution < -0.4 is 4.74 Å². The van der Waals surface area contributed by atoms with Crippen molar-refractivity contribution in [2.75, 3.05) is 20.3 Å². The van der Waals surface area contributed by atoms with Crippen molar-refractivity contribution in [1.82, 2.24) is 4.98 Å². The average Bonchev–Trinajstić information content (AvgIpc) is 2.37. The van der Waals surface area contributed by atoms with Crippen LogP contribution in [0.2, 0.25) is 0 Å². The van der Waals surface area contributed by atoms with Gasteiger partial charge >= 0.3 is 0 Å². The Morgan fingerprint density at radius 1 is 1.64 bits per heavy atom. The van der Waals surface area contributed by atoms with E-state index < -0.39 is 0 Å². The molecule has 0 aliphatic carbocycles. The maximum Gasteiger partial charge on any atom is 0.274 e. The molecule has 1 aromatic rings. The molecular formula is C6H8BrNO2S. The molecule has 0 saturated heterocycles. The Kier molecular flexibility index (Phi) is 3.82. The quantitative estimate of drug-likeness (QED) is 0.751. The predicted octanol–water partition coefficient (Wildman–Crippen LogP) is 1.93. The van der Waals surface area contributed by atoms with E-state index in [-0.39, 0.29) is 0 Å². The summed E-state index contributed by atoms with van der Waals surface area (Å²) in [7, 11) is 1.64. The van der Waals surface area contributed by atoms with E-state index in [1.54, 1.807) is 7.11 Å². The van der Waals surface area contributed by atoms with Gasteiger partial charge in [0.2, 0.25) is 0 Å². The van der Waals surface area contributed by atoms with Gasteiger partial charge in [0, 0.05) is 12.5 Å². The van der Waals surface area contributed by atoms with Crippen molar-refractivity contribution in [3.63, 3.8) is 0 Å². The molecule has 0 radical (unpaired) electrons. The largest absolute Gasteiger partial charge is 0.468 e. The van der Waals surface area contributed by atoms with Gasteiger partial charge in [0.1, 0.15) is 11.2 Å². The number of halogens is 1. The summed E-state index contributed by atoms with van der Waals surface area (Å²) in [6, 6.07) is 0. The van der Waals surface area contributed by atoms with E-state index in [2.05, 4.69) is 20.9 Å². The van der Waals surface area contributed by atoms with Crippen molar-refractivity contribution in [3.05, 3.63) is 9.98 Å². The molecule has 1 rings (SSSR count). The number of hydrogen-bond acceptors (Lipinski definition) is 4. The lowest BCUT2D eigenvalue weighted by Crippen LogP contribution is -2.03. The topological polar surface area (TPSA) is 31.4 Å². The lowest BCUT2D eigenvalue weighted by molar-refractivity contribution is 0.146. The lowest BCUT2D eigenvalue weighted by atomic mass is 10.8. The number of aromatic nitrogens is 1. The summed E-state index contributed by atoms with van der Waals surface area (Å²) in [5, 5.41) is 2.55. The highest BCUT2D eigenvalue weighted by Crippen LogP contribution is 2.21. The van der Waals surface area contributed by atoms with Gasteiger partial charge in [-0.3, -0.25) is 0 Å². The summed E-state index contributed by atoms with van der Waals surface area (Å²) in [6.45, 7) is 1.15. The van der Waals surface area contributed by atoms with Gasteiger partial charge in [-0.05, 0) is 15.9 Å². The van der Waals surface area contributed by atoms with Crippen molar-refractivity contribution in [1.29, 1.82) is 0 Å². The fourth-order valence-corrected chi connectivity index (χ4v) is 1.63. The molecule has 0 aromatic carbocycles. The van der Waals surface area contributed by atoms with Crippen LogP contribution in [0.1, 0.15) is 0 Å². The fraction of sp³-hybridized carbons (Fsp3) is 0.500. The molecule has 0 unspecified atom stereocenters. The second-order valence-electron chi connectivity index (χ2n) is 1.78. The summed E-state index contributed by atoms with van der Waals surface area (Å²) in [6.07, 6.45) is 0. The zero-order chi connectivity index (χ0) is 8.10. The maximum atomic E-state index is 5.22. The van der Waals surface area contributed by atoms with Gasteiger partial charge in [-0.1, -0.05) is 11.3 Å². The molecule has 0 spiro atoms. The first kappa shape index (κ1) is 8.96. The molecule has 0 saturated carbocycles. The molecule has 5 heteroatoms. The third-order valence-electron chi connectivity index (χ3n) is 0.968. The molecule has 0 N–H and O–H groups in total. The van der Waals surface area contributed by atoms with Crippen LogP contribution in [0, 0.1) is 0 Å². The van der Waals surface area contributed by atoms with Crippen molar-refractivity contribution >= 4 is 27.3 Å². The standard InChI is InChI=1S/C6H8BrNO2S/c1-9-2-3-10-6-8-5(7)4-11-6/h4H,2-3H2,1H3. The van der Waals surface area contributed by atoms with Gasteiger partial charge in [0.05, 0.1) is 6.61 Å². The van der Waals surface area contributed by atoms with E-state index in [0.29, 0.717) is 18.4 Å². The van der Waals surface area contributed by atoms with E-state index >= 15 is 0 Å². The van der Waals surface area contributed by atoms with Crippen LogP contribution in [-0.4, -0.2) is 25.3 Å². The minimum atomic E-state index is 0.552. The minimum absolute atomic E-state index is 0.552. The van der Waals surface area contributed by atoms with Crippen molar-refractivity contribution in [2.45, 2.75) is 0 Å². The van der Waals surface area contributed by atoms with Crippen molar-refractivity contribution in [2.24, 2.45) is 0 Å². The Morgan fingerprint density at radius 2 is 2.45 bits per heavy atom. The first-order valence-electron chi connectivity index (χ1n) is 3.05. The number of ether oxygens (including phenoxy) is 2. The molecule has 1 heterocycles. The van der Waals surface area contributed by atoms with E-state index in [0.717, 1.165) is 4.60 Å². The van der Waals surface area contributed by atoms with Crippen LogP contribution >= 0.6 is 27.3 Å². The third-order valence-corrected chi connectivity index (χ3v) is 2.43. The maximum absolute atomic E-state index is 5.22. The Balaban J connectivity index is 2.27. The second-order valence-corrected chi connectivity index (χ2v) is 3.41. The van der Waals surface area contributed by atoms with Gasteiger partial charge in [0.15, 0.2) is 0 Å². The van der Waals surface area contributed by atoms with Gasteiger partial charge in [-0.2, -0.15) is 4.98 Å². The summed E-state index contributed by atoms with van der Waals surface area (Å²) >= 11 is 4.69. The molecule has 0 atom stereocenters. The fourth-order valence-electron chi connectivity index (χ4n) is 0.518. The first-order chi connectivity index (χ1) is 5.33. The van der Waals surface area contributed by atoms with E-state index in [1.165, 1.54) is 11.3 Å². The number of rotatable bonds is 4. The molecule has 3 nitrogen and oxygen atoms in total. The lowest BCUT2D eigenvalue weighted by Gasteiger charge is -1.98. The molecule has 0 bridgehead atoms. The van der Waals surface area contributed by atoms with Gasteiger partial charge < -0.3 is 9.47 Å². The van der Waals surface area contributed by atoms with Gasteiger partial charge in [-0.25, -0.2) is 0 Å². The van der Waals surface area contributed by atoms with Crippen LogP contribution in [0.15, 0.2) is 9.98 Å². The van der Waals surface area contributed by atoms with E-state index in [9.17, 15) is 0 Å². The first-order valence-corrected chi connectivity index (χ1v) is 4.73. The number of methoxy groups -OCH3 is 1. The molecule has 0 aliphatic heterocycles. The molecule has 0 amide bonds. The summed E-state index contributed by atoms with van der Waals surface area (Å²) < 4.78 is 10.8. The summed E-state index contributed by atoms with van der Waals surface area (Å²) in [5.41, 5.74) is 0. The average molecular weight is 238 g/mol. The molecule has 0 fully saturated rings. The van der Waals surface area contributed by atoms with Crippen LogP contribution in [0.5, 0.6) is 5.19 Å². The third kappa shape index (κ3) is 3.18. The summed E-state index contributed by atoms with van der Waals surface area (Å²) in [4.78, 5) is 4.04. The van der Waals surface area contributed by atoms with E-state index in [4.69, 9.17) is 9.47 Å². The number of nitrogens with zero attached hydrogens (tertiary/aromatic N) is 1. The van der Waals surface area contributed by atoms with Crippen LogP contribution in [0.4, 0.5) is 0 Å². The van der Waals surface area contributed by atoms with Gasteiger partial charge in [-0.15, -0.1) is 0 Å².